The predicted molar refractivity (Wildman–Crippen MR) is 130 cm³/mol. The van der Waals surface area contributed by atoms with Crippen molar-refractivity contribution in [2.45, 2.75) is 31.3 Å². The average Bonchev–Trinajstić information content (AvgIpc) is 3.33. The van der Waals surface area contributed by atoms with E-state index in [1.54, 1.807) is 12.1 Å². The van der Waals surface area contributed by atoms with Crippen molar-refractivity contribution in [3.05, 3.63) is 92.6 Å². The van der Waals surface area contributed by atoms with E-state index < -0.39 is 0 Å². The summed E-state index contributed by atoms with van der Waals surface area (Å²) in [6.45, 7) is 4.51. The monoisotopic (exact) mass is 477 g/mol. The Labute approximate surface area is 197 Å². The number of nitrogens with one attached hydrogen (secondary N) is 1. The zero-order valence-corrected chi connectivity index (χ0v) is 19.6. The van der Waals surface area contributed by atoms with Crippen LogP contribution >= 0.6 is 23.1 Å². The Morgan fingerprint density at radius 3 is 2.58 bits per heavy atom. The first-order chi connectivity index (χ1) is 16.0. The second-order valence-electron chi connectivity index (χ2n) is 7.65. The van der Waals surface area contributed by atoms with E-state index in [0.717, 1.165) is 26.4 Å². The lowest BCUT2D eigenvalue weighted by Crippen LogP contribution is -2.11. The molecule has 0 aliphatic rings. The summed E-state index contributed by atoms with van der Waals surface area (Å²) < 4.78 is 15.5. The molecule has 2 aromatic carbocycles. The van der Waals surface area contributed by atoms with Gasteiger partial charge in [-0.15, -0.1) is 21.5 Å². The van der Waals surface area contributed by atoms with Gasteiger partial charge in [0, 0.05) is 10.4 Å². The fourth-order valence-electron chi connectivity index (χ4n) is 3.62. The summed E-state index contributed by atoms with van der Waals surface area (Å²) in [5, 5.41) is 10.1. The molecule has 6 nitrogen and oxygen atoms in total. The molecule has 0 unspecified atom stereocenters. The summed E-state index contributed by atoms with van der Waals surface area (Å²) in [7, 11) is 0. The maximum Gasteiger partial charge on any atom is 0.259 e. The van der Waals surface area contributed by atoms with Gasteiger partial charge in [-0.05, 0) is 49.2 Å². The molecule has 0 spiro atoms. The fraction of sp³-hybridized carbons (Fsp3) is 0.167. The average molecular weight is 478 g/mol. The van der Waals surface area contributed by atoms with Crippen molar-refractivity contribution in [3.63, 3.8) is 0 Å². The number of halogens is 1. The number of rotatable bonds is 6. The van der Waals surface area contributed by atoms with Crippen LogP contribution in [0.25, 0.3) is 21.6 Å². The number of aromatic nitrogens is 5. The van der Waals surface area contributed by atoms with Crippen molar-refractivity contribution < 1.29 is 4.39 Å². The van der Waals surface area contributed by atoms with Gasteiger partial charge in [-0.3, -0.25) is 9.36 Å². The Balaban J connectivity index is 1.48. The Kier molecular flexibility index (Phi) is 5.82. The molecule has 5 aromatic rings. The minimum atomic E-state index is -0.299. The summed E-state index contributed by atoms with van der Waals surface area (Å²) in [4.78, 5) is 22.0. The van der Waals surface area contributed by atoms with E-state index in [9.17, 15) is 9.18 Å². The highest BCUT2D eigenvalue weighted by Crippen LogP contribution is 2.29. The first-order valence-electron chi connectivity index (χ1n) is 10.3. The molecule has 0 aliphatic heterocycles. The molecule has 3 aromatic heterocycles. The van der Waals surface area contributed by atoms with E-state index in [1.165, 1.54) is 35.2 Å². The number of hydrogen-bond acceptors (Lipinski definition) is 6. The molecule has 5 rings (SSSR count). The van der Waals surface area contributed by atoms with Crippen LogP contribution in [0.5, 0.6) is 0 Å². The molecule has 0 amide bonds. The first kappa shape index (κ1) is 21.5. The van der Waals surface area contributed by atoms with E-state index in [1.807, 2.05) is 48.7 Å². The highest BCUT2D eigenvalue weighted by Gasteiger charge is 2.17. The van der Waals surface area contributed by atoms with Gasteiger partial charge in [0.1, 0.15) is 16.5 Å². The topological polar surface area (TPSA) is 76.5 Å². The van der Waals surface area contributed by atoms with Gasteiger partial charge in [-0.1, -0.05) is 42.1 Å². The third-order valence-corrected chi connectivity index (χ3v) is 7.51. The number of thiophene rings is 1. The molecule has 0 atom stereocenters. The lowest BCUT2D eigenvalue weighted by atomic mass is 10.2. The fourth-order valence-corrected chi connectivity index (χ4v) is 5.47. The Morgan fingerprint density at radius 1 is 1.06 bits per heavy atom. The normalized spacial score (nSPS) is 11.4. The standard InChI is InChI=1S/C24H20FN5OS2/c1-14-15(2)33-23-20(14)22(31)26-19(27-23)13-32-24-29-28-21(17-8-10-18(25)11-9-17)30(24)12-16-6-4-3-5-7-16/h3-11H,12-13H2,1-2H3,(H,26,27,31). The van der Waals surface area contributed by atoms with Gasteiger partial charge in [0.25, 0.3) is 5.56 Å². The van der Waals surface area contributed by atoms with Crippen molar-refractivity contribution in [1.29, 1.82) is 0 Å². The van der Waals surface area contributed by atoms with Gasteiger partial charge < -0.3 is 4.98 Å². The second kappa shape index (κ2) is 8.92. The van der Waals surface area contributed by atoms with E-state index >= 15 is 0 Å². The second-order valence-corrected chi connectivity index (χ2v) is 9.80. The zero-order valence-electron chi connectivity index (χ0n) is 18.0. The molecule has 0 bridgehead atoms. The third kappa shape index (κ3) is 4.34. The molecule has 0 aliphatic carbocycles. The number of benzene rings is 2. The number of aryl methyl sites for hydroxylation is 2. The lowest BCUT2D eigenvalue weighted by molar-refractivity contribution is 0.628. The van der Waals surface area contributed by atoms with Crippen molar-refractivity contribution in [1.82, 2.24) is 24.7 Å². The third-order valence-electron chi connectivity index (χ3n) is 5.43. The zero-order chi connectivity index (χ0) is 22.9. The number of hydrogen-bond donors (Lipinski definition) is 1. The van der Waals surface area contributed by atoms with Gasteiger partial charge in [0.2, 0.25) is 0 Å². The number of H-pyrrole nitrogens is 1. The molecule has 0 radical (unpaired) electrons. The largest absolute Gasteiger partial charge is 0.309 e. The van der Waals surface area contributed by atoms with Crippen LogP contribution < -0.4 is 5.56 Å². The van der Waals surface area contributed by atoms with Gasteiger partial charge in [-0.25, -0.2) is 9.37 Å². The quantitative estimate of drug-likeness (QED) is 0.334. The van der Waals surface area contributed by atoms with E-state index in [4.69, 9.17) is 0 Å². The van der Waals surface area contributed by atoms with Crippen molar-refractivity contribution >= 4 is 33.3 Å². The highest BCUT2D eigenvalue weighted by atomic mass is 32.2. The summed E-state index contributed by atoms with van der Waals surface area (Å²) in [6.07, 6.45) is 0. The van der Waals surface area contributed by atoms with Crippen LogP contribution in [0.2, 0.25) is 0 Å². The molecular formula is C24H20FN5OS2. The van der Waals surface area contributed by atoms with Crippen LogP contribution in [0.1, 0.15) is 21.8 Å². The summed E-state index contributed by atoms with van der Waals surface area (Å²) in [5.41, 5.74) is 2.74. The minimum absolute atomic E-state index is 0.116. The maximum atomic E-state index is 13.5. The molecular weight excluding hydrogens is 457 g/mol. The van der Waals surface area contributed by atoms with Crippen LogP contribution in [-0.4, -0.2) is 24.7 Å². The van der Waals surface area contributed by atoms with E-state index in [0.29, 0.717) is 34.5 Å². The van der Waals surface area contributed by atoms with Gasteiger partial charge in [0.05, 0.1) is 17.7 Å². The van der Waals surface area contributed by atoms with E-state index in [2.05, 4.69) is 20.2 Å². The Hall–Kier alpha value is -3.30. The molecule has 33 heavy (non-hydrogen) atoms. The molecule has 0 saturated heterocycles. The highest BCUT2D eigenvalue weighted by molar-refractivity contribution is 7.98. The van der Waals surface area contributed by atoms with Gasteiger partial charge >= 0.3 is 0 Å². The number of fused-ring (bicyclic) bond motifs is 1. The summed E-state index contributed by atoms with van der Waals surface area (Å²) in [5.74, 6) is 1.39. The van der Waals surface area contributed by atoms with Gasteiger partial charge in [0.15, 0.2) is 11.0 Å². The molecule has 0 saturated carbocycles. The van der Waals surface area contributed by atoms with Crippen LogP contribution in [0, 0.1) is 19.7 Å². The van der Waals surface area contributed by atoms with Crippen LogP contribution in [-0.2, 0) is 12.3 Å². The molecule has 166 valence electrons. The Bertz CT molecular complexity index is 1490. The van der Waals surface area contributed by atoms with Crippen LogP contribution in [0.15, 0.2) is 64.5 Å². The molecule has 0 fully saturated rings. The van der Waals surface area contributed by atoms with Gasteiger partial charge in [-0.2, -0.15) is 0 Å². The number of nitrogens with zero attached hydrogens (tertiary/aromatic N) is 4. The Morgan fingerprint density at radius 2 is 1.82 bits per heavy atom. The summed E-state index contributed by atoms with van der Waals surface area (Å²) >= 11 is 2.99. The van der Waals surface area contributed by atoms with E-state index in [-0.39, 0.29) is 11.4 Å². The van der Waals surface area contributed by atoms with Crippen LogP contribution in [0.3, 0.4) is 0 Å². The van der Waals surface area contributed by atoms with Crippen molar-refractivity contribution in [2.75, 3.05) is 0 Å². The predicted octanol–water partition coefficient (Wildman–Crippen LogP) is 5.34. The van der Waals surface area contributed by atoms with Crippen LogP contribution in [0.4, 0.5) is 4.39 Å². The summed E-state index contributed by atoms with van der Waals surface area (Å²) in [6, 6.07) is 16.2. The smallest absolute Gasteiger partial charge is 0.259 e. The molecule has 9 heteroatoms. The first-order valence-corrected chi connectivity index (χ1v) is 12.1. The minimum Gasteiger partial charge on any atom is -0.309 e. The number of thioether (sulfide) groups is 1. The molecule has 1 N–H and O–H groups in total. The SMILES string of the molecule is Cc1sc2nc(CSc3nnc(-c4ccc(F)cc4)n3Cc3ccccc3)[nH]c(=O)c2c1C. The number of aromatic amines is 1. The molecule has 3 heterocycles. The lowest BCUT2D eigenvalue weighted by Gasteiger charge is -2.10. The maximum absolute atomic E-state index is 13.5. The van der Waals surface area contributed by atoms with Crippen molar-refractivity contribution in [2.24, 2.45) is 0 Å². The van der Waals surface area contributed by atoms with Crippen molar-refractivity contribution in [3.8, 4) is 11.4 Å².